The fourth-order valence-corrected chi connectivity index (χ4v) is 3.21. The second kappa shape index (κ2) is 4.64. The number of hydrogen-bond acceptors (Lipinski definition) is 2. The van der Waals surface area contributed by atoms with Gasteiger partial charge in [-0.3, -0.25) is 4.79 Å². The highest BCUT2D eigenvalue weighted by Gasteiger charge is 2.43. The molecule has 0 aromatic heterocycles. The Morgan fingerprint density at radius 3 is 2.74 bits per heavy atom. The Labute approximate surface area is 114 Å². The lowest BCUT2D eigenvalue weighted by Gasteiger charge is -2.47. The molecule has 2 aliphatic rings. The summed E-state index contributed by atoms with van der Waals surface area (Å²) in [6.45, 7) is 3.00. The molecule has 19 heavy (non-hydrogen) atoms. The molecule has 1 aromatic carbocycles. The number of nitrogens with zero attached hydrogens (tertiary/aromatic N) is 1. The first-order valence-corrected chi connectivity index (χ1v) is 7.19. The fourth-order valence-electron chi connectivity index (χ4n) is 3.21. The SMILES string of the molecule is CCC1(O)CN(C(=O)C2CCc3ccccc3C2)C1. The van der Waals surface area contributed by atoms with Crippen LogP contribution in [0, 0.1) is 5.92 Å². The molecule has 1 N–H and O–H groups in total. The van der Waals surface area contributed by atoms with E-state index < -0.39 is 5.60 Å². The Hall–Kier alpha value is -1.35. The second-order valence-electron chi connectivity index (χ2n) is 5.98. The minimum Gasteiger partial charge on any atom is -0.386 e. The smallest absolute Gasteiger partial charge is 0.226 e. The van der Waals surface area contributed by atoms with E-state index in [1.807, 2.05) is 17.9 Å². The monoisotopic (exact) mass is 259 g/mol. The molecule has 1 amide bonds. The van der Waals surface area contributed by atoms with Crippen molar-refractivity contribution in [1.29, 1.82) is 0 Å². The normalized spacial score (nSPS) is 24.5. The predicted molar refractivity (Wildman–Crippen MR) is 73.8 cm³/mol. The molecule has 0 radical (unpaired) electrons. The third-order valence-electron chi connectivity index (χ3n) is 4.64. The van der Waals surface area contributed by atoms with E-state index in [1.54, 1.807) is 0 Å². The maximum absolute atomic E-state index is 12.4. The van der Waals surface area contributed by atoms with Crippen LogP contribution in [0.2, 0.25) is 0 Å². The summed E-state index contributed by atoms with van der Waals surface area (Å²) in [7, 11) is 0. The van der Waals surface area contributed by atoms with E-state index >= 15 is 0 Å². The molecule has 3 heteroatoms. The molecule has 0 bridgehead atoms. The van der Waals surface area contributed by atoms with Gasteiger partial charge in [-0.25, -0.2) is 0 Å². The van der Waals surface area contributed by atoms with Gasteiger partial charge in [0.05, 0.1) is 18.7 Å². The Morgan fingerprint density at radius 1 is 1.37 bits per heavy atom. The van der Waals surface area contributed by atoms with Crippen LogP contribution in [0.5, 0.6) is 0 Å². The Kier molecular flexibility index (Phi) is 3.09. The molecule has 0 spiro atoms. The predicted octanol–water partition coefficient (Wildman–Crippen LogP) is 1.77. The van der Waals surface area contributed by atoms with Gasteiger partial charge in [0.2, 0.25) is 5.91 Å². The average molecular weight is 259 g/mol. The van der Waals surface area contributed by atoms with E-state index in [0.717, 1.165) is 25.7 Å². The number of aryl methyl sites for hydroxylation is 1. The zero-order chi connectivity index (χ0) is 13.5. The number of carbonyl (C=O) groups excluding carboxylic acids is 1. The highest BCUT2D eigenvalue weighted by molar-refractivity contribution is 5.80. The first kappa shape index (κ1) is 12.7. The molecule has 1 unspecified atom stereocenters. The lowest BCUT2D eigenvalue weighted by molar-refractivity contribution is -0.160. The highest BCUT2D eigenvalue weighted by Crippen LogP contribution is 2.31. The van der Waals surface area contributed by atoms with Crippen molar-refractivity contribution < 1.29 is 9.90 Å². The first-order chi connectivity index (χ1) is 9.11. The molecule has 1 saturated heterocycles. The number of benzene rings is 1. The van der Waals surface area contributed by atoms with Crippen LogP contribution in [-0.4, -0.2) is 34.6 Å². The summed E-state index contributed by atoms with van der Waals surface area (Å²) in [5, 5.41) is 10.0. The van der Waals surface area contributed by atoms with Gasteiger partial charge in [0.25, 0.3) is 0 Å². The topological polar surface area (TPSA) is 40.5 Å². The Morgan fingerprint density at radius 2 is 2.05 bits per heavy atom. The van der Waals surface area contributed by atoms with Gasteiger partial charge >= 0.3 is 0 Å². The molecule has 3 nitrogen and oxygen atoms in total. The van der Waals surface area contributed by atoms with E-state index in [0.29, 0.717) is 13.1 Å². The van der Waals surface area contributed by atoms with Crippen LogP contribution in [0.1, 0.15) is 30.9 Å². The lowest BCUT2D eigenvalue weighted by Crippen LogP contribution is -2.64. The van der Waals surface area contributed by atoms with Crippen molar-refractivity contribution in [3.8, 4) is 0 Å². The van der Waals surface area contributed by atoms with Crippen molar-refractivity contribution in [3.05, 3.63) is 35.4 Å². The summed E-state index contributed by atoms with van der Waals surface area (Å²) in [5.41, 5.74) is 2.08. The van der Waals surface area contributed by atoms with Crippen LogP contribution in [0.25, 0.3) is 0 Å². The highest BCUT2D eigenvalue weighted by atomic mass is 16.3. The molecular weight excluding hydrogens is 238 g/mol. The van der Waals surface area contributed by atoms with Crippen molar-refractivity contribution in [2.75, 3.05) is 13.1 Å². The number of likely N-dealkylation sites (tertiary alicyclic amines) is 1. The molecule has 3 rings (SSSR count). The molecule has 1 atom stereocenters. The van der Waals surface area contributed by atoms with Crippen molar-refractivity contribution in [2.24, 2.45) is 5.92 Å². The van der Waals surface area contributed by atoms with Gasteiger partial charge in [0.1, 0.15) is 0 Å². The quantitative estimate of drug-likeness (QED) is 0.879. The minimum atomic E-state index is -0.623. The Balaban J connectivity index is 1.64. The standard InChI is InChI=1S/C16H21NO2/c1-2-16(19)10-17(11-16)15(18)14-8-7-12-5-3-4-6-13(12)9-14/h3-6,14,19H,2,7-11H2,1H3. The first-order valence-electron chi connectivity index (χ1n) is 7.19. The van der Waals surface area contributed by atoms with Crippen LogP contribution in [0.3, 0.4) is 0 Å². The van der Waals surface area contributed by atoms with Gasteiger partial charge in [-0.1, -0.05) is 31.2 Å². The summed E-state index contributed by atoms with van der Waals surface area (Å²) in [5.74, 6) is 0.337. The summed E-state index contributed by atoms with van der Waals surface area (Å²) in [6, 6.07) is 8.41. The minimum absolute atomic E-state index is 0.108. The maximum Gasteiger partial charge on any atom is 0.226 e. The summed E-state index contributed by atoms with van der Waals surface area (Å²) < 4.78 is 0. The number of hydrogen-bond donors (Lipinski definition) is 1. The third kappa shape index (κ3) is 2.27. The van der Waals surface area contributed by atoms with Crippen LogP contribution >= 0.6 is 0 Å². The van der Waals surface area contributed by atoms with Crippen molar-refractivity contribution in [1.82, 2.24) is 4.90 Å². The maximum atomic E-state index is 12.4. The van der Waals surface area contributed by atoms with Crippen LogP contribution in [0.4, 0.5) is 0 Å². The molecule has 1 heterocycles. The molecule has 102 valence electrons. The lowest BCUT2D eigenvalue weighted by atomic mass is 9.81. The summed E-state index contributed by atoms with van der Waals surface area (Å²) in [6.07, 6.45) is 3.52. The van der Waals surface area contributed by atoms with Crippen molar-refractivity contribution >= 4 is 5.91 Å². The van der Waals surface area contributed by atoms with Gasteiger partial charge in [0, 0.05) is 5.92 Å². The van der Waals surface area contributed by atoms with E-state index in [4.69, 9.17) is 0 Å². The molecular formula is C16H21NO2. The van der Waals surface area contributed by atoms with Gasteiger partial charge < -0.3 is 10.0 Å². The second-order valence-corrected chi connectivity index (χ2v) is 5.98. The van der Waals surface area contributed by atoms with Crippen LogP contribution in [0.15, 0.2) is 24.3 Å². The van der Waals surface area contributed by atoms with E-state index in [1.165, 1.54) is 11.1 Å². The number of aliphatic hydroxyl groups is 1. The van der Waals surface area contributed by atoms with Crippen molar-refractivity contribution in [3.63, 3.8) is 0 Å². The van der Waals surface area contributed by atoms with E-state index in [-0.39, 0.29) is 11.8 Å². The average Bonchev–Trinajstić information content (AvgIpc) is 2.42. The van der Waals surface area contributed by atoms with Crippen LogP contribution in [-0.2, 0) is 17.6 Å². The molecule has 0 saturated carbocycles. The van der Waals surface area contributed by atoms with Gasteiger partial charge in [-0.15, -0.1) is 0 Å². The number of rotatable bonds is 2. The third-order valence-corrected chi connectivity index (χ3v) is 4.64. The fraction of sp³-hybridized carbons (Fsp3) is 0.562. The summed E-state index contributed by atoms with van der Waals surface area (Å²) >= 11 is 0. The van der Waals surface area contributed by atoms with Gasteiger partial charge in [-0.2, -0.15) is 0 Å². The number of carbonyl (C=O) groups is 1. The number of β-amino-alcohol motifs (C(OH)–C–C–N with tert-alkyl or cyclic N) is 1. The number of amides is 1. The van der Waals surface area contributed by atoms with Gasteiger partial charge in [0.15, 0.2) is 0 Å². The van der Waals surface area contributed by atoms with Crippen molar-refractivity contribution in [2.45, 2.75) is 38.2 Å². The van der Waals surface area contributed by atoms with E-state index in [2.05, 4.69) is 18.2 Å². The molecule has 1 fully saturated rings. The molecule has 1 aliphatic carbocycles. The summed E-state index contributed by atoms with van der Waals surface area (Å²) in [4.78, 5) is 14.2. The number of fused-ring (bicyclic) bond motifs is 1. The zero-order valence-electron chi connectivity index (χ0n) is 11.4. The molecule has 1 aliphatic heterocycles. The Bertz CT molecular complexity index is 491. The van der Waals surface area contributed by atoms with E-state index in [9.17, 15) is 9.90 Å². The van der Waals surface area contributed by atoms with Crippen LogP contribution < -0.4 is 0 Å². The molecule has 1 aromatic rings. The van der Waals surface area contributed by atoms with Gasteiger partial charge in [-0.05, 0) is 36.8 Å². The largest absolute Gasteiger partial charge is 0.386 e. The zero-order valence-corrected chi connectivity index (χ0v) is 11.4.